The predicted octanol–water partition coefficient (Wildman–Crippen LogP) is -0.159. The van der Waals surface area contributed by atoms with Gasteiger partial charge in [-0.25, -0.2) is 4.79 Å². The van der Waals surface area contributed by atoms with Gasteiger partial charge in [0.2, 0.25) is 0 Å². The van der Waals surface area contributed by atoms with Crippen LogP contribution >= 0.6 is 0 Å². The average Bonchev–Trinajstić information content (AvgIpc) is 2.76. The van der Waals surface area contributed by atoms with Crippen molar-refractivity contribution >= 4 is 17.7 Å². The molecular weight excluding hydrogens is 250 g/mol. The molecule has 0 saturated carbocycles. The van der Waals surface area contributed by atoms with E-state index in [9.17, 15) is 9.59 Å². The molecule has 1 fully saturated rings. The first-order valence-electron chi connectivity index (χ1n) is 6.16. The Hall–Kier alpha value is -2.09. The number of urea groups is 1. The lowest BCUT2D eigenvalue weighted by atomic mass is 10.1. The van der Waals surface area contributed by atoms with E-state index in [1.54, 1.807) is 0 Å². The van der Waals surface area contributed by atoms with Gasteiger partial charge in [0.05, 0.1) is 11.9 Å². The highest BCUT2D eigenvalue weighted by Gasteiger charge is 2.15. The van der Waals surface area contributed by atoms with E-state index in [0.717, 1.165) is 25.9 Å². The number of hydrogen-bond acceptors (Lipinski definition) is 4. The summed E-state index contributed by atoms with van der Waals surface area (Å²) in [5, 5.41) is 21.2. The van der Waals surface area contributed by atoms with Crippen LogP contribution in [0, 0.1) is 0 Å². The van der Waals surface area contributed by atoms with E-state index in [2.05, 4.69) is 21.0 Å². The molecule has 2 heterocycles. The third kappa shape index (κ3) is 4.25. The van der Waals surface area contributed by atoms with E-state index in [1.165, 1.54) is 17.1 Å². The highest BCUT2D eigenvalue weighted by molar-refractivity contribution is 5.89. The Kier molecular flexibility index (Phi) is 4.35. The van der Waals surface area contributed by atoms with Crippen LogP contribution in [-0.2, 0) is 11.3 Å². The lowest BCUT2D eigenvalue weighted by Gasteiger charge is -2.23. The van der Waals surface area contributed by atoms with Gasteiger partial charge in [0.25, 0.3) is 0 Å². The average molecular weight is 267 g/mol. The molecule has 4 N–H and O–H groups in total. The molecule has 0 atom stereocenters. The number of carboxylic acid groups (broad SMARTS) is 1. The lowest BCUT2D eigenvalue weighted by Crippen LogP contribution is -2.44. The number of rotatable bonds is 4. The Morgan fingerprint density at radius 1 is 1.47 bits per heavy atom. The molecular formula is C11H17N5O3. The maximum atomic E-state index is 11.7. The number of carbonyl (C=O) groups is 2. The van der Waals surface area contributed by atoms with Gasteiger partial charge in [0, 0.05) is 12.2 Å². The van der Waals surface area contributed by atoms with Crippen LogP contribution in [0.1, 0.15) is 12.8 Å². The van der Waals surface area contributed by atoms with Gasteiger partial charge in [-0.3, -0.25) is 9.48 Å². The molecule has 2 amide bonds. The summed E-state index contributed by atoms with van der Waals surface area (Å²) in [6.45, 7) is 1.58. The van der Waals surface area contributed by atoms with Crippen molar-refractivity contribution in [2.24, 2.45) is 0 Å². The number of nitrogens with one attached hydrogen (secondary N) is 3. The predicted molar refractivity (Wildman–Crippen MR) is 67.9 cm³/mol. The topological polar surface area (TPSA) is 108 Å². The molecule has 0 aliphatic carbocycles. The minimum Gasteiger partial charge on any atom is -0.480 e. The fourth-order valence-corrected chi connectivity index (χ4v) is 1.97. The molecule has 8 nitrogen and oxygen atoms in total. The van der Waals surface area contributed by atoms with E-state index < -0.39 is 5.97 Å². The zero-order chi connectivity index (χ0) is 13.7. The number of carbonyl (C=O) groups excluding carboxylic acids is 1. The van der Waals surface area contributed by atoms with Crippen molar-refractivity contribution in [3.63, 3.8) is 0 Å². The zero-order valence-electron chi connectivity index (χ0n) is 10.4. The van der Waals surface area contributed by atoms with Crippen LogP contribution in [0.5, 0.6) is 0 Å². The number of nitrogens with zero attached hydrogens (tertiary/aromatic N) is 2. The quantitative estimate of drug-likeness (QED) is 0.606. The standard InChI is InChI=1S/C11H17N5O3/c17-10(18)7-16-6-9(5-13-16)15-11(19)14-8-1-3-12-4-2-8/h5-6,8,12H,1-4,7H2,(H,17,18)(H2,14,15,19). The van der Waals surface area contributed by atoms with Gasteiger partial charge in [-0.1, -0.05) is 0 Å². The highest BCUT2D eigenvalue weighted by Crippen LogP contribution is 2.06. The molecule has 1 saturated heterocycles. The second-order valence-electron chi connectivity index (χ2n) is 4.44. The fourth-order valence-electron chi connectivity index (χ4n) is 1.97. The van der Waals surface area contributed by atoms with Crippen molar-refractivity contribution in [1.82, 2.24) is 20.4 Å². The van der Waals surface area contributed by atoms with E-state index in [-0.39, 0.29) is 18.6 Å². The second-order valence-corrected chi connectivity index (χ2v) is 4.44. The van der Waals surface area contributed by atoms with Crippen molar-refractivity contribution in [2.75, 3.05) is 18.4 Å². The van der Waals surface area contributed by atoms with Gasteiger partial charge < -0.3 is 21.1 Å². The Bertz CT molecular complexity index is 453. The van der Waals surface area contributed by atoms with Gasteiger partial charge in [0.15, 0.2) is 0 Å². The zero-order valence-corrected chi connectivity index (χ0v) is 10.4. The molecule has 1 aromatic rings. The summed E-state index contributed by atoms with van der Waals surface area (Å²) in [6.07, 6.45) is 4.72. The summed E-state index contributed by atoms with van der Waals surface area (Å²) in [5.41, 5.74) is 0.479. The first-order valence-corrected chi connectivity index (χ1v) is 6.16. The van der Waals surface area contributed by atoms with E-state index >= 15 is 0 Å². The Labute approximate surface area is 110 Å². The molecule has 0 unspecified atom stereocenters. The Balaban J connectivity index is 1.81. The van der Waals surface area contributed by atoms with E-state index in [0.29, 0.717) is 5.69 Å². The molecule has 8 heteroatoms. The number of amides is 2. The molecule has 0 radical (unpaired) electrons. The number of aromatic nitrogens is 2. The van der Waals surface area contributed by atoms with E-state index in [4.69, 9.17) is 5.11 Å². The van der Waals surface area contributed by atoms with Gasteiger partial charge in [-0.2, -0.15) is 5.10 Å². The largest absolute Gasteiger partial charge is 0.480 e. The second kappa shape index (κ2) is 6.19. The highest BCUT2D eigenvalue weighted by atomic mass is 16.4. The summed E-state index contributed by atoms with van der Waals surface area (Å²) in [5.74, 6) is -0.978. The minimum atomic E-state index is -0.978. The van der Waals surface area contributed by atoms with Crippen LogP contribution in [0.2, 0.25) is 0 Å². The van der Waals surface area contributed by atoms with Crippen LogP contribution in [0.4, 0.5) is 10.5 Å². The summed E-state index contributed by atoms with van der Waals surface area (Å²) < 4.78 is 1.25. The Morgan fingerprint density at radius 3 is 2.89 bits per heavy atom. The van der Waals surface area contributed by atoms with Crippen LogP contribution in [0.3, 0.4) is 0 Å². The Morgan fingerprint density at radius 2 is 2.21 bits per heavy atom. The van der Waals surface area contributed by atoms with Crippen LogP contribution in [0.25, 0.3) is 0 Å². The van der Waals surface area contributed by atoms with Gasteiger partial charge >= 0.3 is 12.0 Å². The lowest BCUT2D eigenvalue weighted by molar-refractivity contribution is -0.137. The maximum Gasteiger partial charge on any atom is 0.325 e. The van der Waals surface area contributed by atoms with Gasteiger partial charge in [-0.15, -0.1) is 0 Å². The number of hydrogen-bond donors (Lipinski definition) is 4. The summed E-state index contributed by atoms with van der Waals surface area (Å²) in [7, 11) is 0. The van der Waals surface area contributed by atoms with Crippen LogP contribution in [0.15, 0.2) is 12.4 Å². The summed E-state index contributed by atoms with van der Waals surface area (Å²) in [4.78, 5) is 22.2. The maximum absolute atomic E-state index is 11.7. The monoisotopic (exact) mass is 267 g/mol. The molecule has 104 valence electrons. The van der Waals surface area contributed by atoms with Crippen molar-refractivity contribution < 1.29 is 14.7 Å². The molecule has 1 aliphatic rings. The molecule has 0 aromatic carbocycles. The van der Waals surface area contributed by atoms with Crippen LogP contribution < -0.4 is 16.0 Å². The van der Waals surface area contributed by atoms with Gasteiger partial charge in [-0.05, 0) is 25.9 Å². The molecule has 2 rings (SSSR count). The van der Waals surface area contributed by atoms with Crippen molar-refractivity contribution in [3.05, 3.63) is 12.4 Å². The SMILES string of the molecule is O=C(O)Cn1cc(NC(=O)NC2CCNCC2)cn1. The number of piperidine rings is 1. The third-order valence-electron chi connectivity index (χ3n) is 2.86. The first kappa shape index (κ1) is 13.3. The molecule has 19 heavy (non-hydrogen) atoms. The molecule has 1 aliphatic heterocycles. The number of anilines is 1. The smallest absolute Gasteiger partial charge is 0.325 e. The van der Waals surface area contributed by atoms with Crippen LogP contribution in [-0.4, -0.2) is 46.0 Å². The molecule has 0 bridgehead atoms. The van der Waals surface area contributed by atoms with Gasteiger partial charge in [0.1, 0.15) is 6.54 Å². The normalized spacial score (nSPS) is 16.0. The summed E-state index contributed by atoms with van der Waals surface area (Å²) in [6, 6.07) is -0.114. The van der Waals surface area contributed by atoms with E-state index in [1.807, 2.05) is 0 Å². The van der Waals surface area contributed by atoms with Crippen molar-refractivity contribution in [1.29, 1.82) is 0 Å². The third-order valence-corrected chi connectivity index (χ3v) is 2.86. The molecule has 0 spiro atoms. The first-order chi connectivity index (χ1) is 9.13. The van der Waals surface area contributed by atoms with Crippen molar-refractivity contribution in [2.45, 2.75) is 25.4 Å². The van der Waals surface area contributed by atoms with Crippen molar-refractivity contribution in [3.8, 4) is 0 Å². The number of aliphatic carboxylic acids is 1. The summed E-state index contributed by atoms with van der Waals surface area (Å²) >= 11 is 0. The number of carboxylic acids is 1. The minimum absolute atomic E-state index is 0.176. The fraction of sp³-hybridized carbons (Fsp3) is 0.545. The molecule has 1 aromatic heterocycles.